The minimum atomic E-state index is -0.870. The molecule has 0 fully saturated rings. The van der Waals surface area contributed by atoms with Crippen LogP contribution >= 0.6 is 0 Å². The number of carboxylic acid groups (broad SMARTS) is 2. The van der Waals surface area contributed by atoms with E-state index in [1.165, 1.54) is 0 Å². The third-order valence-electron chi connectivity index (χ3n) is 2.81. The van der Waals surface area contributed by atoms with Crippen LogP contribution in [-0.2, 0) is 9.59 Å². The molecule has 1 aromatic carbocycles. The first-order valence-electron chi connectivity index (χ1n) is 7.36. The first-order chi connectivity index (χ1) is 10.8. The van der Waals surface area contributed by atoms with Gasteiger partial charge in [-0.25, -0.2) is 0 Å². The SMILES string of the molecule is CC(O)C(O)C=Cc1ccccc1.O=C(O)CCCCC(=O)O. The lowest BCUT2D eigenvalue weighted by molar-refractivity contribution is -0.139. The van der Waals surface area contributed by atoms with E-state index in [2.05, 4.69) is 0 Å². The largest absolute Gasteiger partial charge is 0.481 e. The van der Waals surface area contributed by atoms with E-state index in [4.69, 9.17) is 15.3 Å². The molecule has 0 saturated carbocycles. The van der Waals surface area contributed by atoms with Crippen molar-refractivity contribution < 1.29 is 30.0 Å². The maximum absolute atomic E-state index is 9.90. The maximum atomic E-state index is 9.90. The quantitative estimate of drug-likeness (QED) is 0.545. The van der Waals surface area contributed by atoms with Crippen LogP contribution in [0.5, 0.6) is 0 Å². The van der Waals surface area contributed by atoms with Crippen LogP contribution < -0.4 is 0 Å². The number of aliphatic hydroxyl groups excluding tert-OH is 2. The van der Waals surface area contributed by atoms with Crippen molar-refractivity contribution >= 4 is 18.0 Å². The maximum Gasteiger partial charge on any atom is 0.303 e. The zero-order chi connectivity index (χ0) is 17.7. The van der Waals surface area contributed by atoms with Crippen molar-refractivity contribution in [2.75, 3.05) is 0 Å². The van der Waals surface area contributed by atoms with Gasteiger partial charge in [-0.2, -0.15) is 0 Å². The Hall–Kier alpha value is -2.18. The molecule has 1 aromatic rings. The topological polar surface area (TPSA) is 115 Å². The zero-order valence-corrected chi connectivity index (χ0v) is 13.1. The third-order valence-corrected chi connectivity index (χ3v) is 2.81. The van der Waals surface area contributed by atoms with Crippen LogP contribution in [-0.4, -0.2) is 44.6 Å². The number of hydrogen-bond acceptors (Lipinski definition) is 4. The third kappa shape index (κ3) is 13.2. The molecule has 2 unspecified atom stereocenters. The van der Waals surface area contributed by atoms with Gasteiger partial charge in [0.1, 0.15) is 0 Å². The van der Waals surface area contributed by atoms with Gasteiger partial charge in [0.05, 0.1) is 12.2 Å². The number of unbranched alkanes of at least 4 members (excludes halogenated alkanes) is 1. The van der Waals surface area contributed by atoms with Crippen molar-refractivity contribution in [1.82, 2.24) is 0 Å². The molecule has 0 bridgehead atoms. The van der Waals surface area contributed by atoms with Gasteiger partial charge in [-0.1, -0.05) is 42.5 Å². The van der Waals surface area contributed by atoms with Gasteiger partial charge in [0.25, 0.3) is 0 Å². The van der Waals surface area contributed by atoms with E-state index in [0.29, 0.717) is 12.8 Å². The predicted molar refractivity (Wildman–Crippen MR) is 86.9 cm³/mol. The number of aliphatic hydroxyl groups is 2. The molecule has 0 radical (unpaired) electrons. The van der Waals surface area contributed by atoms with Gasteiger partial charge in [0.2, 0.25) is 0 Å². The second kappa shape index (κ2) is 12.4. The van der Waals surface area contributed by atoms with E-state index >= 15 is 0 Å². The summed E-state index contributed by atoms with van der Waals surface area (Å²) in [6.07, 6.45) is 2.88. The Morgan fingerprint density at radius 3 is 1.87 bits per heavy atom. The Bertz CT molecular complexity index is 465. The lowest BCUT2D eigenvalue weighted by Crippen LogP contribution is -2.19. The van der Waals surface area contributed by atoms with Crippen LogP contribution in [0.4, 0.5) is 0 Å². The van der Waals surface area contributed by atoms with Crippen LogP contribution in [0.25, 0.3) is 6.08 Å². The molecule has 0 amide bonds. The molecule has 23 heavy (non-hydrogen) atoms. The molecule has 2 atom stereocenters. The van der Waals surface area contributed by atoms with Gasteiger partial charge >= 0.3 is 11.9 Å². The molecule has 0 aliphatic carbocycles. The van der Waals surface area contributed by atoms with Crippen LogP contribution in [0.1, 0.15) is 38.2 Å². The minimum absolute atomic E-state index is 0.0628. The Kier molecular flexibility index (Phi) is 11.2. The zero-order valence-electron chi connectivity index (χ0n) is 13.1. The number of benzene rings is 1. The predicted octanol–water partition coefficient (Wildman–Crippen LogP) is 2.16. The highest BCUT2D eigenvalue weighted by Crippen LogP contribution is 2.03. The molecular weight excluding hydrogens is 300 g/mol. The second-order valence-corrected chi connectivity index (χ2v) is 5.00. The Labute approximate surface area is 135 Å². The normalized spacial score (nSPS) is 13.0. The number of carbonyl (C=O) groups is 2. The summed E-state index contributed by atoms with van der Waals surface area (Å²) in [6, 6.07) is 9.65. The smallest absolute Gasteiger partial charge is 0.303 e. The fourth-order valence-corrected chi connectivity index (χ4v) is 1.49. The van der Waals surface area contributed by atoms with Crippen molar-refractivity contribution in [2.24, 2.45) is 0 Å². The van der Waals surface area contributed by atoms with Gasteiger partial charge in [-0.05, 0) is 25.3 Å². The molecule has 4 N–H and O–H groups in total. The standard InChI is InChI=1S/C11H14O2.C6H10O4/c1-9(12)11(13)8-7-10-5-3-2-4-6-10;7-5(8)3-1-2-4-6(9)10/h2-9,11-13H,1H3;1-4H2,(H,7,8)(H,9,10). The molecule has 0 aromatic heterocycles. The Balaban J connectivity index is 0.000000438. The Morgan fingerprint density at radius 2 is 1.48 bits per heavy atom. The van der Waals surface area contributed by atoms with Gasteiger partial charge < -0.3 is 20.4 Å². The molecule has 128 valence electrons. The highest BCUT2D eigenvalue weighted by atomic mass is 16.4. The summed E-state index contributed by atoms with van der Waals surface area (Å²) in [7, 11) is 0. The summed E-state index contributed by atoms with van der Waals surface area (Å²) >= 11 is 0. The van der Waals surface area contributed by atoms with E-state index in [9.17, 15) is 14.7 Å². The summed E-state index contributed by atoms with van der Waals surface area (Å²) < 4.78 is 0. The summed E-state index contributed by atoms with van der Waals surface area (Å²) in [4.78, 5) is 19.8. The van der Waals surface area contributed by atoms with Crippen LogP contribution in [0.15, 0.2) is 36.4 Å². The van der Waals surface area contributed by atoms with Crippen molar-refractivity contribution in [1.29, 1.82) is 0 Å². The molecule has 0 saturated heterocycles. The molecule has 0 spiro atoms. The van der Waals surface area contributed by atoms with Gasteiger partial charge in [0, 0.05) is 12.8 Å². The number of hydrogen-bond donors (Lipinski definition) is 4. The highest BCUT2D eigenvalue weighted by molar-refractivity contribution is 5.67. The average molecular weight is 324 g/mol. The van der Waals surface area contributed by atoms with Gasteiger partial charge in [0.15, 0.2) is 0 Å². The highest BCUT2D eigenvalue weighted by Gasteiger charge is 2.04. The van der Waals surface area contributed by atoms with Crippen molar-refractivity contribution in [3.8, 4) is 0 Å². The first kappa shape index (κ1) is 20.8. The molecular formula is C17H24O6. The molecule has 0 aliphatic rings. The first-order valence-corrected chi connectivity index (χ1v) is 7.36. The van der Waals surface area contributed by atoms with Gasteiger partial charge in [-0.3, -0.25) is 9.59 Å². The minimum Gasteiger partial charge on any atom is -0.481 e. The fraction of sp³-hybridized carbons (Fsp3) is 0.412. The number of carboxylic acids is 2. The molecule has 0 heterocycles. The van der Waals surface area contributed by atoms with E-state index in [1.807, 2.05) is 30.3 Å². The Morgan fingerprint density at radius 1 is 1.00 bits per heavy atom. The number of rotatable bonds is 8. The molecule has 1 rings (SSSR count). The lowest BCUT2D eigenvalue weighted by atomic mass is 10.1. The van der Waals surface area contributed by atoms with E-state index in [0.717, 1.165) is 5.56 Å². The second-order valence-electron chi connectivity index (χ2n) is 5.00. The van der Waals surface area contributed by atoms with Gasteiger partial charge in [-0.15, -0.1) is 0 Å². The summed E-state index contributed by atoms with van der Waals surface area (Å²) in [5.41, 5.74) is 1.02. The van der Waals surface area contributed by atoms with Crippen molar-refractivity contribution in [3.05, 3.63) is 42.0 Å². The van der Waals surface area contributed by atoms with Crippen molar-refractivity contribution in [3.63, 3.8) is 0 Å². The molecule has 0 aliphatic heterocycles. The fourth-order valence-electron chi connectivity index (χ4n) is 1.49. The number of aliphatic carboxylic acids is 2. The van der Waals surface area contributed by atoms with Crippen LogP contribution in [0, 0.1) is 0 Å². The van der Waals surface area contributed by atoms with Crippen LogP contribution in [0.3, 0.4) is 0 Å². The van der Waals surface area contributed by atoms with Crippen LogP contribution in [0.2, 0.25) is 0 Å². The van der Waals surface area contributed by atoms with E-state index in [1.54, 1.807) is 19.1 Å². The average Bonchev–Trinajstić information content (AvgIpc) is 2.50. The van der Waals surface area contributed by atoms with Crippen molar-refractivity contribution in [2.45, 2.75) is 44.8 Å². The van der Waals surface area contributed by atoms with E-state index in [-0.39, 0.29) is 12.8 Å². The van der Waals surface area contributed by atoms with E-state index < -0.39 is 24.1 Å². The lowest BCUT2D eigenvalue weighted by Gasteiger charge is -2.07. The molecule has 6 nitrogen and oxygen atoms in total. The summed E-state index contributed by atoms with van der Waals surface area (Å²) in [6.45, 7) is 1.56. The monoisotopic (exact) mass is 324 g/mol. The summed E-state index contributed by atoms with van der Waals surface area (Å²) in [5, 5.41) is 34.5. The molecule has 6 heteroatoms. The summed E-state index contributed by atoms with van der Waals surface area (Å²) in [5.74, 6) is -1.74.